The van der Waals surface area contributed by atoms with Crippen LogP contribution in [0.3, 0.4) is 0 Å². The fraction of sp³-hybridized carbons (Fsp3) is 0.278. The maximum atomic E-state index is 12.0. The molecule has 2 rings (SSSR count). The minimum absolute atomic E-state index is 0.0530. The highest BCUT2D eigenvalue weighted by Gasteiger charge is 2.14. The molecule has 140 valence electrons. The highest BCUT2D eigenvalue weighted by Crippen LogP contribution is 2.14. The summed E-state index contributed by atoms with van der Waals surface area (Å²) in [6, 6.07) is 13.3. The number of rotatable bonds is 9. The Kier molecular flexibility index (Phi) is 7.44. The predicted molar refractivity (Wildman–Crippen MR) is 98.9 cm³/mol. The molecule has 0 spiro atoms. The third-order valence-electron chi connectivity index (χ3n) is 3.35. The van der Waals surface area contributed by atoms with Crippen LogP contribution in [0.15, 0.2) is 53.4 Å². The van der Waals surface area contributed by atoms with Crippen LogP contribution in [0.2, 0.25) is 5.02 Å². The van der Waals surface area contributed by atoms with Crippen molar-refractivity contribution >= 4 is 27.6 Å². The molecular weight excluding hydrogens is 378 g/mol. The molecule has 0 heterocycles. The van der Waals surface area contributed by atoms with Crippen LogP contribution < -0.4 is 9.46 Å². The molecule has 2 aromatic rings. The zero-order chi connectivity index (χ0) is 19.0. The van der Waals surface area contributed by atoms with Gasteiger partial charge in [-0.25, -0.2) is 13.1 Å². The lowest BCUT2D eigenvalue weighted by molar-refractivity contribution is -0.144. The number of sulfonamides is 1. The van der Waals surface area contributed by atoms with E-state index in [1.54, 1.807) is 0 Å². The van der Waals surface area contributed by atoms with E-state index in [1.165, 1.54) is 24.3 Å². The van der Waals surface area contributed by atoms with Crippen LogP contribution in [-0.4, -0.2) is 34.1 Å². The summed E-state index contributed by atoms with van der Waals surface area (Å²) in [6.45, 7) is 2.23. The van der Waals surface area contributed by atoms with Gasteiger partial charge >= 0.3 is 5.97 Å². The molecule has 0 amide bonds. The number of hydrogen-bond donors (Lipinski definition) is 1. The molecule has 0 saturated carbocycles. The molecule has 0 saturated heterocycles. The number of carbonyl (C=O) groups is 1. The molecule has 0 aliphatic rings. The molecule has 1 N–H and O–H groups in total. The second kappa shape index (κ2) is 9.56. The van der Waals surface area contributed by atoms with Crippen molar-refractivity contribution in [2.75, 3.05) is 19.8 Å². The van der Waals surface area contributed by atoms with Gasteiger partial charge in [-0.2, -0.15) is 0 Å². The first kappa shape index (κ1) is 20.2. The first-order valence-corrected chi connectivity index (χ1v) is 9.83. The Labute approximate surface area is 158 Å². The fourth-order valence-corrected chi connectivity index (χ4v) is 3.23. The van der Waals surface area contributed by atoms with Crippen molar-refractivity contribution < 1.29 is 22.7 Å². The van der Waals surface area contributed by atoms with E-state index in [0.29, 0.717) is 10.8 Å². The molecule has 0 aliphatic carbocycles. The van der Waals surface area contributed by atoms with Crippen LogP contribution in [0.1, 0.15) is 12.0 Å². The molecule has 0 aliphatic heterocycles. The molecule has 0 atom stereocenters. The Morgan fingerprint density at radius 1 is 1.12 bits per heavy atom. The van der Waals surface area contributed by atoms with E-state index in [9.17, 15) is 13.2 Å². The molecule has 0 aromatic heterocycles. The summed E-state index contributed by atoms with van der Waals surface area (Å²) in [6.07, 6.45) is -0.0722. The van der Waals surface area contributed by atoms with E-state index >= 15 is 0 Å². The van der Waals surface area contributed by atoms with E-state index in [2.05, 4.69) is 4.72 Å². The molecule has 0 unspecified atom stereocenters. The lowest BCUT2D eigenvalue weighted by Gasteiger charge is -2.09. The number of hydrogen-bond acceptors (Lipinski definition) is 5. The summed E-state index contributed by atoms with van der Waals surface area (Å²) in [5.41, 5.74) is 1.08. The van der Waals surface area contributed by atoms with Crippen molar-refractivity contribution in [3.05, 3.63) is 59.1 Å². The molecule has 6 nitrogen and oxygen atoms in total. The smallest absolute Gasteiger partial charge is 0.307 e. The standard InChI is InChI=1S/C18H20ClNO5S/c1-14-3-2-4-16(13-14)24-11-12-25-18(21)9-10-20-26(22,23)17-7-5-15(19)6-8-17/h2-8,13,20H,9-12H2,1H3. The molecule has 8 heteroatoms. The van der Waals surface area contributed by atoms with E-state index in [0.717, 1.165) is 5.56 Å². The quantitative estimate of drug-likeness (QED) is 0.519. The van der Waals surface area contributed by atoms with Gasteiger partial charge in [0.15, 0.2) is 0 Å². The lowest BCUT2D eigenvalue weighted by atomic mass is 10.2. The number of carbonyl (C=O) groups excluding carboxylic acids is 1. The Balaban J connectivity index is 1.66. The Bertz CT molecular complexity index is 837. The van der Waals surface area contributed by atoms with Gasteiger partial charge in [-0.05, 0) is 48.9 Å². The van der Waals surface area contributed by atoms with Crippen LogP contribution >= 0.6 is 11.6 Å². The highest BCUT2D eigenvalue weighted by molar-refractivity contribution is 7.89. The van der Waals surface area contributed by atoms with Gasteiger partial charge in [0.25, 0.3) is 0 Å². The third-order valence-corrected chi connectivity index (χ3v) is 5.08. The van der Waals surface area contributed by atoms with E-state index in [4.69, 9.17) is 21.1 Å². The predicted octanol–water partition coefficient (Wildman–Crippen LogP) is 2.94. The van der Waals surface area contributed by atoms with Crippen LogP contribution in [0.4, 0.5) is 0 Å². The second-order valence-corrected chi connectivity index (χ2v) is 7.69. The van der Waals surface area contributed by atoms with E-state index < -0.39 is 16.0 Å². The normalized spacial score (nSPS) is 11.2. The van der Waals surface area contributed by atoms with Gasteiger partial charge < -0.3 is 9.47 Å². The second-order valence-electron chi connectivity index (χ2n) is 5.49. The largest absolute Gasteiger partial charge is 0.490 e. The van der Waals surface area contributed by atoms with Gasteiger partial charge in [-0.1, -0.05) is 23.7 Å². The van der Waals surface area contributed by atoms with Gasteiger partial charge in [0.2, 0.25) is 10.0 Å². The number of aryl methyl sites for hydroxylation is 1. The molecule has 0 bridgehead atoms. The number of esters is 1. The van der Waals surface area contributed by atoms with E-state index in [1.807, 2.05) is 31.2 Å². The van der Waals surface area contributed by atoms with Crippen LogP contribution in [0.25, 0.3) is 0 Å². The summed E-state index contributed by atoms with van der Waals surface area (Å²) < 4.78 is 36.9. The van der Waals surface area contributed by atoms with Gasteiger partial charge in [-0.3, -0.25) is 4.79 Å². The zero-order valence-electron chi connectivity index (χ0n) is 14.3. The summed E-state index contributed by atoms with van der Waals surface area (Å²) in [7, 11) is -3.68. The Morgan fingerprint density at radius 2 is 1.85 bits per heavy atom. The minimum atomic E-state index is -3.68. The number of ether oxygens (including phenoxy) is 2. The van der Waals surface area contributed by atoms with Crippen LogP contribution in [-0.2, 0) is 19.6 Å². The first-order valence-electron chi connectivity index (χ1n) is 7.97. The van der Waals surface area contributed by atoms with Crippen molar-refractivity contribution in [2.45, 2.75) is 18.2 Å². The van der Waals surface area contributed by atoms with Gasteiger partial charge in [-0.15, -0.1) is 0 Å². The summed E-state index contributed by atoms with van der Waals surface area (Å²) >= 11 is 5.73. The SMILES string of the molecule is Cc1cccc(OCCOC(=O)CCNS(=O)(=O)c2ccc(Cl)cc2)c1. The maximum Gasteiger partial charge on any atom is 0.307 e. The van der Waals surface area contributed by atoms with Crippen LogP contribution in [0.5, 0.6) is 5.75 Å². The summed E-state index contributed by atoms with van der Waals surface area (Å²) in [4.78, 5) is 11.7. The minimum Gasteiger partial charge on any atom is -0.490 e. The van der Waals surface area contributed by atoms with Crippen molar-refractivity contribution in [1.82, 2.24) is 4.72 Å². The molecule has 0 fully saturated rings. The molecular formula is C18H20ClNO5S. The third kappa shape index (κ3) is 6.67. The summed E-state index contributed by atoms with van der Waals surface area (Å²) in [5, 5.41) is 0.445. The van der Waals surface area contributed by atoms with Crippen molar-refractivity contribution in [3.63, 3.8) is 0 Å². The Hall–Kier alpha value is -2.09. The maximum absolute atomic E-state index is 12.0. The van der Waals surface area contributed by atoms with Gasteiger partial charge in [0, 0.05) is 11.6 Å². The number of nitrogens with one attached hydrogen (secondary N) is 1. The fourth-order valence-electron chi connectivity index (χ4n) is 2.08. The van der Waals surface area contributed by atoms with E-state index in [-0.39, 0.29) is 31.1 Å². The van der Waals surface area contributed by atoms with Crippen molar-refractivity contribution in [3.8, 4) is 5.75 Å². The lowest BCUT2D eigenvalue weighted by Crippen LogP contribution is -2.27. The van der Waals surface area contributed by atoms with Gasteiger partial charge in [0.1, 0.15) is 19.0 Å². The molecule has 0 radical (unpaired) electrons. The number of benzene rings is 2. The van der Waals surface area contributed by atoms with Crippen molar-refractivity contribution in [1.29, 1.82) is 0 Å². The monoisotopic (exact) mass is 397 g/mol. The average molecular weight is 398 g/mol. The number of halogens is 1. The van der Waals surface area contributed by atoms with Crippen molar-refractivity contribution in [2.24, 2.45) is 0 Å². The topological polar surface area (TPSA) is 81.7 Å². The molecule has 2 aromatic carbocycles. The Morgan fingerprint density at radius 3 is 2.54 bits per heavy atom. The zero-order valence-corrected chi connectivity index (χ0v) is 15.8. The first-order chi connectivity index (χ1) is 12.4. The molecule has 26 heavy (non-hydrogen) atoms. The summed E-state index contributed by atoms with van der Waals surface area (Å²) in [5.74, 6) is 0.202. The van der Waals surface area contributed by atoms with Crippen LogP contribution in [0, 0.1) is 6.92 Å². The van der Waals surface area contributed by atoms with Gasteiger partial charge in [0.05, 0.1) is 11.3 Å². The average Bonchev–Trinajstić information content (AvgIpc) is 2.59. The highest BCUT2D eigenvalue weighted by atomic mass is 35.5.